The Morgan fingerprint density at radius 3 is 2.78 bits per heavy atom. The molecule has 7 heteroatoms. The molecule has 0 saturated carbocycles. The number of aryl methyl sites for hydroxylation is 1. The first-order valence-corrected chi connectivity index (χ1v) is 7.17. The molecule has 1 atom stereocenters. The van der Waals surface area contributed by atoms with Crippen LogP contribution in [-0.4, -0.2) is 36.2 Å². The maximum Gasteiger partial charge on any atom is 0.242 e. The van der Waals surface area contributed by atoms with Gasteiger partial charge in [0.05, 0.1) is 13.2 Å². The van der Waals surface area contributed by atoms with Gasteiger partial charge in [-0.2, -0.15) is 0 Å². The van der Waals surface area contributed by atoms with Crippen molar-refractivity contribution in [1.82, 2.24) is 10.1 Å². The third-order valence-corrected chi connectivity index (χ3v) is 3.57. The van der Waals surface area contributed by atoms with Crippen LogP contribution in [0.2, 0.25) is 0 Å². The van der Waals surface area contributed by atoms with Crippen molar-refractivity contribution in [3.8, 4) is 5.75 Å². The van der Waals surface area contributed by atoms with Crippen molar-refractivity contribution in [1.29, 1.82) is 0 Å². The number of methoxy groups -OCH3 is 1. The van der Waals surface area contributed by atoms with Crippen molar-refractivity contribution in [2.75, 3.05) is 19.5 Å². The van der Waals surface area contributed by atoms with E-state index < -0.39 is 11.9 Å². The van der Waals surface area contributed by atoms with E-state index in [0.717, 1.165) is 5.56 Å². The van der Waals surface area contributed by atoms with Crippen molar-refractivity contribution in [2.24, 2.45) is 0 Å². The second-order valence-corrected chi connectivity index (χ2v) is 5.37. The van der Waals surface area contributed by atoms with Crippen LogP contribution in [0.3, 0.4) is 0 Å². The summed E-state index contributed by atoms with van der Waals surface area (Å²) in [5.41, 5.74) is 0.753. The molecule has 0 fully saturated rings. The summed E-state index contributed by atoms with van der Waals surface area (Å²) in [6.07, 6.45) is 0. The molecule has 0 spiro atoms. The lowest BCUT2D eigenvalue weighted by Gasteiger charge is -2.23. The molecule has 1 heterocycles. The number of hydrogen-bond acceptors (Lipinski definition) is 5. The van der Waals surface area contributed by atoms with Crippen LogP contribution in [-0.2, 0) is 11.3 Å². The molecule has 0 aliphatic carbocycles. The monoisotopic (exact) mass is 321 g/mol. The number of carbonyl (C=O) groups excluding carboxylic acids is 1. The van der Waals surface area contributed by atoms with E-state index in [1.807, 2.05) is 4.90 Å². The Morgan fingerprint density at radius 2 is 2.22 bits per heavy atom. The third-order valence-electron chi connectivity index (χ3n) is 3.57. The van der Waals surface area contributed by atoms with Gasteiger partial charge in [-0.05, 0) is 38.6 Å². The van der Waals surface area contributed by atoms with Gasteiger partial charge in [-0.1, -0.05) is 11.2 Å². The van der Waals surface area contributed by atoms with Crippen LogP contribution >= 0.6 is 0 Å². The number of benzene rings is 1. The Kier molecular flexibility index (Phi) is 5.33. The molecular weight excluding hydrogens is 301 g/mol. The van der Waals surface area contributed by atoms with Gasteiger partial charge in [0.2, 0.25) is 5.91 Å². The third kappa shape index (κ3) is 4.29. The van der Waals surface area contributed by atoms with Gasteiger partial charge in [-0.25, -0.2) is 4.39 Å². The van der Waals surface area contributed by atoms with Crippen molar-refractivity contribution in [3.05, 3.63) is 41.4 Å². The lowest BCUT2D eigenvalue weighted by Crippen LogP contribution is -2.39. The first-order chi connectivity index (χ1) is 10.9. The van der Waals surface area contributed by atoms with Crippen molar-refractivity contribution >= 4 is 11.7 Å². The zero-order chi connectivity index (χ0) is 17.0. The number of rotatable bonds is 6. The molecule has 1 amide bonds. The highest BCUT2D eigenvalue weighted by Gasteiger charge is 2.19. The molecule has 1 aromatic carbocycles. The first-order valence-electron chi connectivity index (χ1n) is 7.17. The Labute approximate surface area is 134 Å². The minimum Gasteiger partial charge on any atom is -0.494 e. The predicted octanol–water partition coefficient (Wildman–Crippen LogP) is 2.59. The normalized spacial score (nSPS) is 12.3. The van der Waals surface area contributed by atoms with E-state index in [1.54, 1.807) is 39.1 Å². The lowest BCUT2D eigenvalue weighted by atomic mass is 10.1. The van der Waals surface area contributed by atoms with Crippen LogP contribution in [0.5, 0.6) is 5.75 Å². The van der Waals surface area contributed by atoms with E-state index in [0.29, 0.717) is 18.1 Å². The van der Waals surface area contributed by atoms with Crippen LogP contribution in [0.1, 0.15) is 18.2 Å². The molecule has 1 unspecified atom stereocenters. The summed E-state index contributed by atoms with van der Waals surface area (Å²) in [5, 5.41) is 6.40. The lowest BCUT2D eigenvalue weighted by molar-refractivity contribution is -0.120. The number of amides is 1. The average Bonchev–Trinajstić information content (AvgIpc) is 2.91. The van der Waals surface area contributed by atoms with E-state index in [4.69, 9.17) is 9.26 Å². The van der Waals surface area contributed by atoms with Gasteiger partial charge in [0.15, 0.2) is 17.4 Å². The molecule has 1 N–H and O–H groups in total. The van der Waals surface area contributed by atoms with Crippen LogP contribution < -0.4 is 10.1 Å². The molecular formula is C16H20FN3O3. The predicted molar refractivity (Wildman–Crippen MR) is 83.8 cm³/mol. The molecule has 2 rings (SSSR count). The smallest absolute Gasteiger partial charge is 0.242 e. The van der Waals surface area contributed by atoms with Crippen molar-refractivity contribution in [2.45, 2.75) is 26.4 Å². The number of likely N-dealkylation sites (N-methyl/N-ethyl adjacent to an activating group) is 1. The highest BCUT2D eigenvalue weighted by molar-refractivity contribution is 5.93. The van der Waals surface area contributed by atoms with Crippen molar-refractivity contribution < 1.29 is 18.4 Å². The molecule has 1 aromatic heterocycles. The van der Waals surface area contributed by atoms with Crippen LogP contribution in [0.25, 0.3) is 0 Å². The summed E-state index contributed by atoms with van der Waals surface area (Å²) >= 11 is 0. The van der Waals surface area contributed by atoms with E-state index >= 15 is 0 Å². The number of nitrogens with one attached hydrogen (secondary N) is 1. The van der Waals surface area contributed by atoms with Gasteiger partial charge in [0.25, 0.3) is 0 Å². The largest absolute Gasteiger partial charge is 0.494 e. The minimum absolute atomic E-state index is 0.198. The molecule has 124 valence electrons. The zero-order valence-corrected chi connectivity index (χ0v) is 13.6. The molecule has 0 saturated heterocycles. The fourth-order valence-electron chi connectivity index (χ4n) is 2.09. The number of hydrogen-bond donors (Lipinski definition) is 1. The maximum absolute atomic E-state index is 13.7. The van der Waals surface area contributed by atoms with Crippen molar-refractivity contribution in [3.63, 3.8) is 0 Å². The van der Waals surface area contributed by atoms with Gasteiger partial charge in [-0.3, -0.25) is 9.69 Å². The highest BCUT2D eigenvalue weighted by Crippen LogP contribution is 2.19. The van der Waals surface area contributed by atoms with Crippen LogP contribution in [0, 0.1) is 12.7 Å². The van der Waals surface area contributed by atoms with E-state index in [1.165, 1.54) is 13.2 Å². The number of nitrogens with zero attached hydrogens (tertiary/aromatic N) is 2. The molecule has 0 bridgehead atoms. The molecule has 0 aliphatic heterocycles. The molecule has 23 heavy (non-hydrogen) atoms. The summed E-state index contributed by atoms with van der Waals surface area (Å²) in [7, 11) is 3.21. The summed E-state index contributed by atoms with van der Waals surface area (Å²) in [4.78, 5) is 14.0. The van der Waals surface area contributed by atoms with Gasteiger partial charge in [-0.15, -0.1) is 0 Å². The molecule has 2 aromatic rings. The van der Waals surface area contributed by atoms with Gasteiger partial charge < -0.3 is 14.6 Å². The number of halogens is 1. The topological polar surface area (TPSA) is 67.6 Å². The van der Waals surface area contributed by atoms with Crippen LogP contribution in [0.15, 0.2) is 28.8 Å². The second kappa shape index (κ2) is 7.23. The van der Waals surface area contributed by atoms with Gasteiger partial charge in [0, 0.05) is 12.6 Å². The quantitative estimate of drug-likeness (QED) is 0.886. The number of anilines is 1. The Bertz CT molecular complexity index is 687. The fourth-order valence-corrected chi connectivity index (χ4v) is 2.09. The number of carbonyl (C=O) groups is 1. The second-order valence-electron chi connectivity index (χ2n) is 5.37. The SMILES string of the molecule is COc1ccc(CN(C)C(C)C(=O)Nc2cc(C)on2)cc1F. The Morgan fingerprint density at radius 1 is 1.48 bits per heavy atom. The Balaban J connectivity index is 1.97. The highest BCUT2D eigenvalue weighted by atomic mass is 19.1. The average molecular weight is 321 g/mol. The molecule has 0 aliphatic rings. The zero-order valence-electron chi connectivity index (χ0n) is 13.6. The van der Waals surface area contributed by atoms with E-state index in [2.05, 4.69) is 10.5 Å². The number of ether oxygens (including phenoxy) is 1. The summed E-state index contributed by atoms with van der Waals surface area (Å²) < 4.78 is 23.5. The molecule has 6 nitrogen and oxygen atoms in total. The van der Waals surface area contributed by atoms with Gasteiger partial charge >= 0.3 is 0 Å². The number of aromatic nitrogens is 1. The first kappa shape index (κ1) is 17.0. The Hall–Kier alpha value is -2.41. The summed E-state index contributed by atoms with van der Waals surface area (Å²) in [6.45, 7) is 3.94. The van der Waals surface area contributed by atoms with Crippen LogP contribution in [0.4, 0.5) is 10.2 Å². The van der Waals surface area contributed by atoms with Gasteiger partial charge in [0.1, 0.15) is 5.76 Å². The fraction of sp³-hybridized carbons (Fsp3) is 0.375. The summed E-state index contributed by atoms with van der Waals surface area (Å²) in [5.74, 6) is 0.560. The minimum atomic E-state index is -0.423. The van der Waals surface area contributed by atoms with E-state index in [9.17, 15) is 9.18 Å². The standard InChI is InChI=1S/C16H20FN3O3/c1-10-7-15(19-23-10)18-16(21)11(2)20(3)9-12-5-6-14(22-4)13(17)8-12/h5-8,11H,9H2,1-4H3,(H,18,19,21). The van der Waals surface area contributed by atoms with E-state index in [-0.39, 0.29) is 11.7 Å². The maximum atomic E-state index is 13.7. The molecule has 0 radical (unpaired) electrons. The summed E-state index contributed by atoms with van der Waals surface area (Å²) in [6, 6.07) is 5.97.